The molecule has 1 N–H and O–H groups in total. The van der Waals surface area contributed by atoms with Crippen LogP contribution in [0, 0.1) is 0 Å². The van der Waals surface area contributed by atoms with E-state index in [4.69, 9.17) is 9.47 Å². The summed E-state index contributed by atoms with van der Waals surface area (Å²) in [5.41, 5.74) is 3.40. The molecule has 5 rings (SSSR count). The Morgan fingerprint density at radius 1 is 0.930 bits per heavy atom. The predicted octanol–water partition coefficient (Wildman–Crippen LogP) is 5.49. The van der Waals surface area contributed by atoms with Crippen LogP contribution in [0.1, 0.15) is 24.0 Å². The van der Waals surface area contributed by atoms with Gasteiger partial charge in [0.15, 0.2) is 0 Å². The number of likely N-dealkylation sites (tertiary alicyclic amines) is 1. The minimum Gasteiger partial charge on any atom is -0.497 e. The van der Waals surface area contributed by atoms with E-state index in [1.807, 2.05) is 77.8 Å². The van der Waals surface area contributed by atoms with Gasteiger partial charge in [0.1, 0.15) is 11.5 Å². The third-order valence-corrected chi connectivity index (χ3v) is 7.91. The molecule has 4 aromatic rings. The van der Waals surface area contributed by atoms with Crippen LogP contribution in [0.25, 0.3) is 0 Å². The summed E-state index contributed by atoms with van der Waals surface area (Å²) in [7, 11) is -1.70. The van der Waals surface area contributed by atoms with Gasteiger partial charge in [0.25, 0.3) is 0 Å². The van der Waals surface area contributed by atoms with Crippen LogP contribution in [0.3, 0.4) is 0 Å². The summed E-state index contributed by atoms with van der Waals surface area (Å²) in [6.45, 7) is 2.49. The van der Waals surface area contributed by atoms with E-state index in [1.54, 1.807) is 31.4 Å². The molecular formula is C33H36N4O5S. The summed E-state index contributed by atoms with van der Waals surface area (Å²) in [6.07, 6.45) is 4.98. The number of carbonyl (C=O) groups excluding carboxylic acids is 1. The molecule has 0 spiro atoms. The number of nitrogens with one attached hydrogen (secondary N) is 1. The fourth-order valence-electron chi connectivity index (χ4n) is 5.27. The lowest BCUT2D eigenvalue weighted by atomic mass is 10.00. The molecule has 1 aliphatic rings. The molecule has 1 aliphatic heterocycles. The molecule has 3 aromatic carbocycles. The molecule has 1 fully saturated rings. The van der Waals surface area contributed by atoms with Crippen molar-refractivity contribution in [3.63, 3.8) is 0 Å². The van der Waals surface area contributed by atoms with Gasteiger partial charge in [0, 0.05) is 49.3 Å². The number of hydrogen-bond donors (Lipinski definition) is 1. The maximum Gasteiger partial charge on any atom is 0.231 e. The number of piperidine rings is 1. The number of sulfonamides is 1. The van der Waals surface area contributed by atoms with Crippen LogP contribution in [-0.2, 0) is 27.8 Å². The van der Waals surface area contributed by atoms with Crippen LogP contribution in [0.5, 0.6) is 17.4 Å². The Balaban J connectivity index is 1.17. The smallest absolute Gasteiger partial charge is 0.231 e. The van der Waals surface area contributed by atoms with Crippen molar-refractivity contribution in [2.24, 2.45) is 0 Å². The van der Waals surface area contributed by atoms with E-state index < -0.39 is 10.0 Å². The van der Waals surface area contributed by atoms with E-state index in [-0.39, 0.29) is 11.9 Å². The molecule has 1 amide bonds. The Morgan fingerprint density at radius 2 is 1.67 bits per heavy atom. The summed E-state index contributed by atoms with van der Waals surface area (Å²) in [4.78, 5) is 22.5. The lowest BCUT2D eigenvalue weighted by molar-refractivity contribution is -0.118. The number of anilines is 2. The largest absolute Gasteiger partial charge is 0.497 e. The minimum atomic E-state index is -3.33. The number of methoxy groups -OCH3 is 1. The predicted molar refractivity (Wildman–Crippen MR) is 168 cm³/mol. The molecule has 0 aliphatic carbocycles. The third kappa shape index (κ3) is 8.56. The van der Waals surface area contributed by atoms with Gasteiger partial charge in [-0.15, -0.1) is 0 Å². The van der Waals surface area contributed by atoms with Gasteiger partial charge in [0.05, 0.1) is 19.8 Å². The molecule has 9 nitrogen and oxygen atoms in total. The highest BCUT2D eigenvalue weighted by Crippen LogP contribution is 2.27. The third-order valence-electron chi connectivity index (χ3n) is 7.30. The van der Waals surface area contributed by atoms with Gasteiger partial charge in [-0.2, -0.15) is 0 Å². The number of benzene rings is 3. The van der Waals surface area contributed by atoms with Gasteiger partial charge >= 0.3 is 0 Å². The highest BCUT2D eigenvalue weighted by atomic mass is 32.2. The molecule has 2 heterocycles. The molecular weight excluding hydrogens is 564 g/mol. The first-order chi connectivity index (χ1) is 20.8. The molecule has 1 aromatic heterocycles. The Morgan fingerprint density at radius 3 is 2.33 bits per heavy atom. The average Bonchev–Trinajstić information content (AvgIpc) is 3.00. The molecule has 1 saturated heterocycles. The Labute approximate surface area is 253 Å². The van der Waals surface area contributed by atoms with E-state index in [9.17, 15) is 13.2 Å². The van der Waals surface area contributed by atoms with Crippen molar-refractivity contribution in [3.05, 3.63) is 108 Å². The van der Waals surface area contributed by atoms with E-state index in [2.05, 4.69) is 14.6 Å². The molecule has 224 valence electrons. The summed E-state index contributed by atoms with van der Waals surface area (Å²) in [5, 5.41) is 0. The standard InChI is InChI=1S/C33H36N4O5S/c1-41-31-10-6-7-25(21-31)22-33(38)37(28-8-4-3-5-9-28)29-17-19-36(20-18-29)24-26-11-16-32(34-23-26)42-30-14-12-27(13-15-30)35-43(2,39)40/h3-16,21,23,29,35H,17-20,22,24H2,1-2H3. The first-order valence-corrected chi connectivity index (χ1v) is 16.1. The molecule has 10 heteroatoms. The number of pyridine rings is 1. The zero-order valence-corrected chi connectivity index (χ0v) is 25.2. The normalized spacial score (nSPS) is 14.2. The molecule has 0 atom stereocenters. The quantitative estimate of drug-likeness (QED) is 0.243. The summed E-state index contributed by atoms with van der Waals surface area (Å²) in [5.74, 6) is 1.85. The second-order valence-electron chi connectivity index (χ2n) is 10.6. The highest BCUT2D eigenvalue weighted by Gasteiger charge is 2.29. The van der Waals surface area contributed by atoms with Crippen LogP contribution in [0.4, 0.5) is 11.4 Å². The fourth-order valence-corrected chi connectivity index (χ4v) is 5.84. The Hall–Kier alpha value is -4.41. The van der Waals surface area contributed by atoms with Crippen LogP contribution in [0.15, 0.2) is 97.2 Å². The Bertz CT molecular complexity index is 1610. The molecule has 0 unspecified atom stereocenters. The van der Waals surface area contributed by atoms with Crippen LogP contribution in [0.2, 0.25) is 0 Å². The van der Waals surface area contributed by atoms with Crippen LogP contribution < -0.4 is 19.1 Å². The SMILES string of the molecule is COc1cccc(CC(=O)N(c2ccccc2)C2CCN(Cc3ccc(Oc4ccc(NS(C)(=O)=O)cc4)nc3)CC2)c1. The van der Waals surface area contributed by atoms with Gasteiger partial charge in [-0.1, -0.05) is 36.4 Å². The minimum absolute atomic E-state index is 0.0824. The number of para-hydroxylation sites is 1. The second kappa shape index (κ2) is 13.7. The molecule has 0 bridgehead atoms. The number of carbonyl (C=O) groups is 1. The lowest BCUT2D eigenvalue weighted by Gasteiger charge is -2.38. The van der Waals surface area contributed by atoms with Gasteiger partial charge in [-0.05, 0) is 72.5 Å². The molecule has 0 saturated carbocycles. The highest BCUT2D eigenvalue weighted by molar-refractivity contribution is 7.92. The van der Waals surface area contributed by atoms with E-state index in [0.29, 0.717) is 23.7 Å². The maximum absolute atomic E-state index is 13.6. The van der Waals surface area contributed by atoms with E-state index in [1.165, 1.54) is 0 Å². The van der Waals surface area contributed by atoms with Crippen molar-refractivity contribution in [2.45, 2.75) is 31.8 Å². The first kappa shape index (κ1) is 30.1. The van der Waals surface area contributed by atoms with Crippen molar-refractivity contribution in [1.82, 2.24) is 9.88 Å². The zero-order valence-electron chi connectivity index (χ0n) is 24.3. The van der Waals surface area contributed by atoms with Gasteiger partial charge in [0.2, 0.25) is 21.8 Å². The molecule has 0 radical (unpaired) electrons. The molecule has 43 heavy (non-hydrogen) atoms. The first-order valence-electron chi connectivity index (χ1n) is 14.2. The monoisotopic (exact) mass is 600 g/mol. The van der Waals surface area contributed by atoms with Crippen molar-refractivity contribution in [2.75, 3.05) is 36.1 Å². The number of ether oxygens (including phenoxy) is 2. The summed E-state index contributed by atoms with van der Waals surface area (Å²) >= 11 is 0. The summed E-state index contributed by atoms with van der Waals surface area (Å²) in [6, 6.07) is 28.2. The zero-order chi connectivity index (χ0) is 30.2. The van der Waals surface area contributed by atoms with E-state index >= 15 is 0 Å². The second-order valence-corrected chi connectivity index (χ2v) is 12.4. The average molecular weight is 601 g/mol. The van der Waals surface area contributed by atoms with E-state index in [0.717, 1.165) is 61.3 Å². The van der Waals surface area contributed by atoms with Gasteiger partial charge in [-0.3, -0.25) is 14.4 Å². The van der Waals surface area contributed by atoms with Crippen LogP contribution in [-0.4, -0.2) is 56.7 Å². The van der Waals surface area contributed by atoms with Gasteiger partial charge < -0.3 is 14.4 Å². The number of nitrogens with zero attached hydrogens (tertiary/aromatic N) is 3. The number of amides is 1. The Kier molecular flexibility index (Phi) is 9.58. The van der Waals surface area contributed by atoms with Crippen molar-refractivity contribution in [3.8, 4) is 17.4 Å². The topological polar surface area (TPSA) is 101 Å². The summed E-state index contributed by atoms with van der Waals surface area (Å²) < 4.78 is 36.4. The van der Waals surface area contributed by atoms with Crippen molar-refractivity contribution >= 4 is 27.3 Å². The van der Waals surface area contributed by atoms with Crippen molar-refractivity contribution < 1.29 is 22.7 Å². The van der Waals surface area contributed by atoms with Crippen LogP contribution >= 0.6 is 0 Å². The fraction of sp³-hybridized carbons (Fsp3) is 0.273. The number of hydrogen-bond acceptors (Lipinski definition) is 7. The maximum atomic E-state index is 13.6. The lowest BCUT2D eigenvalue weighted by Crippen LogP contribution is -2.48. The number of aromatic nitrogens is 1. The van der Waals surface area contributed by atoms with Crippen molar-refractivity contribution in [1.29, 1.82) is 0 Å². The van der Waals surface area contributed by atoms with Gasteiger partial charge in [-0.25, -0.2) is 13.4 Å². The number of rotatable bonds is 11.